The quantitative estimate of drug-likeness (QED) is 0.561. The lowest BCUT2D eigenvalue weighted by molar-refractivity contribution is -0.118. The minimum Gasteiger partial charge on any atom is -0.484 e. The number of rotatable bonds is 7. The second kappa shape index (κ2) is 10.1. The fourth-order valence-electron chi connectivity index (χ4n) is 3.68. The highest BCUT2D eigenvalue weighted by Gasteiger charge is 2.28. The maximum atomic E-state index is 13.6. The van der Waals surface area contributed by atoms with Gasteiger partial charge in [-0.15, -0.1) is 0 Å². The molecule has 3 aromatic rings. The van der Waals surface area contributed by atoms with Crippen molar-refractivity contribution in [2.75, 3.05) is 29.9 Å². The van der Waals surface area contributed by atoms with Crippen molar-refractivity contribution in [3.05, 3.63) is 90.0 Å². The van der Waals surface area contributed by atoms with Gasteiger partial charge in [0.1, 0.15) is 5.75 Å². The third-order valence-corrected chi connectivity index (χ3v) is 5.25. The maximum Gasteiger partial charge on any atom is 0.324 e. The summed E-state index contributed by atoms with van der Waals surface area (Å²) in [6.45, 7) is 0.953. The smallest absolute Gasteiger partial charge is 0.324 e. The molecule has 4 rings (SSSR count). The molecule has 1 aliphatic heterocycles. The number of anilines is 2. The highest BCUT2D eigenvalue weighted by Crippen LogP contribution is 2.29. The van der Waals surface area contributed by atoms with E-state index in [1.165, 1.54) is 6.07 Å². The first-order valence-electron chi connectivity index (χ1n) is 10.6. The summed E-state index contributed by atoms with van der Waals surface area (Å²) >= 11 is 0. The monoisotopic (exact) mass is 451 g/mol. The van der Waals surface area contributed by atoms with Gasteiger partial charge in [0.05, 0.1) is 11.4 Å². The molecule has 0 aliphatic carbocycles. The number of hydrogen-bond donors (Lipinski definition) is 1. The molecule has 0 unspecified atom stereocenters. The number of carbonyl (C=O) groups excluding carboxylic acids is 2. The molecule has 0 saturated carbocycles. The van der Waals surface area contributed by atoms with Crippen molar-refractivity contribution >= 4 is 23.3 Å². The molecule has 33 heavy (non-hydrogen) atoms. The van der Waals surface area contributed by atoms with E-state index in [0.717, 1.165) is 12.1 Å². The van der Waals surface area contributed by atoms with Crippen LogP contribution < -0.4 is 15.0 Å². The van der Waals surface area contributed by atoms with Crippen LogP contribution in [0.3, 0.4) is 0 Å². The Morgan fingerprint density at radius 3 is 2.48 bits per heavy atom. The summed E-state index contributed by atoms with van der Waals surface area (Å²) < 4.78 is 32.3. The molecule has 1 aliphatic rings. The average Bonchev–Trinajstić information content (AvgIpc) is 2.83. The van der Waals surface area contributed by atoms with Crippen molar-refractivity contribution in [1.29, 1.82) is 0 Å². The van der Waals surface area contributed by atoms with E-state index in [1.54, 1.807) is 46.2 Å². The molecule has 1 N–H and O–H groups in total. The maximum absolute atomic E-state index is 13.6. The van der Waals surface area contributed by atoms with Crippen LogP contribution in [0.25, 0.3) is 0 Å². The van der Waals surface area contributed by atoms with Crippen LogP contribution >= 0.6 is 0 Å². The van der Waals surface area contributed by atoms with E-state index in [2.05, 4.69) is 5.32 Å². The third kappa shape index (κ3) is 5.46. The van der Waals surface area contributed by atoms with E-state index in [1.807, 2.05) is 18.2 Å². The number of amides is 3. The van der Waals surface area contributed by atoms with Crippen LogP contribution in [-0.4, -0.2) is 36.5 Å². The van der Waals surface area contributed by atoms with Gasteiger partial charge in [-0.05, 0) is 48.4 Å². The fourth-order valence-corrected chi connectivity index (χ4v) is 3.68. The second-order valence-corrected chi connectivity index (χ2v) is 7.62. The number of halogens is 2. The number of nitrogens with one attached hydrogen (secondary N) is 1. The first-order valence-corrected chi connectivity index (χ1v) is 10.6. The molecular weight excluding hydrogens is 428 g/mol. The molecule has 6 nitrogen and oxygen atoms in total. The predicted molar refractivity (Wildman–Crippen MR) is 121 cm³/mol. The van der Waals surface area contributed by atoms with Crippen LogP contribution in [0.15, 0.2) is 72.8 Å². The minimum absolute atomic E-state index is 0.159. The van der Waals surface area contributed by atoms with Crippen LogP contribution in [0, 0.1) is 11.6 Å². The Bertz CT molecular complexity index is 1140. The fraction of sp³-hybridized carbons (Fsp3) is 0.200. The highest BCUT2D eigenvalue weighted by atomic mass is 19.2. The van der Waals surface area contributed by atoms with Crippen molar-refractivity contribution in [3.8, 4) is 5.75 Å². The van der Waals surface area contributed by atoms with E-state index >= 15 is 0 Å². The lowest BCUT2D eigenvalue weighted by Gasteiger charge is -2.36. The number of para-hydroxylation sites is 3. The summed E-state index contributed by atoms with van der Waals surface area (Å²) in [7, 11) is 0. The summed E-state index contributed by atoms with van der Waals surface area (Å²) in [5.41, 5.74) is 1.55. The Balaban J connectivity index is 1.45. The van der Waals surface area contributed by atoms with Gasteiger partial charge in [0.2, 0.25) is 0 Å². The average molecular weight is 451 g/mol. The van der Waals surface area contributed by atoms with Crippen molar-refractivity contribution in [3.63, 3.8) is 0 Å². The van der Waals surface area contributed by atoms with Gasteiger partial charge < -0.3 is 15.0 Å². The number of urea groups is 1. The molecule has 0 atom stereocenters. The van der Waals surface area contributed by atoms with E-state index in [-0.39, 0.29) is 25.1 Å². The lowest BCUT2D eigenvalue weighted by atomic mass is 10.1. The van der Waals surface area contributed by atoms with Gasteiger partial charge in [-0.2, -0.15) is 0 Å². The Morgan fingerprint density at radius 1 is 0.939 bits per heavy atom. The molecule has 1 heterocycles. The van der Waals surface area contributed by atoms with Crippen molar-refractivity contribution in [2.24, 2.45) is 0 Å². The topological polar surface area (TPSA) is 61.9 Å². The highest BCUT2D eigenvalue weighted by molar-refractivity contribution is 6.01. The molecular formula is C25H23F2N3O3. The second-order valence-electron chi connectivity index (χ2n) is 7.62. The summed E-state index contributed by atoms with van der Waals surface area (Å²) in [5, 5.41) is 2.81. The normalized spacial score (nSPS) is 13.7. The van der Waals surface area contributed by atoms with Crippen molar-refractivity contribution in [2.45, 2.75) is 13.0 Å². The summed E-state index contributed by atoms with van der Waals surface area (Å²) in [6, 6.07) is 19.4. The first kappa shape index (κ1) is 22.3. The zero-order valence-corrected chi connectivity index (χ0v) is 17.8. The first-order chi connectivity index (χ1) is 16.0. The van der Waals surface area contributed by atoms with Crippen LogP contribution in [0.4, 0.5) is 25.0 Å². The molecule has 170 valence electrons. The number of benzene rings is 3. The van der Waals surface area contributed by atoms with Gasteiger partial charge in [0.25, 0.3) is 5.91 Å². The van der Waals surface area contributed by atoms with E-state index < -0.39 is 11.6 Å². The zero-order valence-electron chi connectivity index (χ0n) is 17.8. The van der Waals surface area contributed by atoms with Crippen LogP contribution in [-0.2, 0) is 11.3 Å². The molecule has 3 aromatic carbocycles. The Labute approximate surface area is 190 Å². The molecule has 0 radical (unpaired) electrons. The van der Waals surface area contributed by atoms with E-state index in [0.29, 0.717) is 42.2 Å². The van der Waals surface area contributed by atoms with Gasteiger partial charge in [0.15, 0.2) is 18.2 Å². The minimum atomic E-state index is -0.945. The number of ether oxygens (including phenoxy) is 1. The molecule has 3 amide bonds. The Kier molecular flexibility index (Phi) is 6.83. The Morgan fingerprint density at radius 2 is 1.70 bits per heavy atom. The summed E-state index contributed by atoms with van der Waals surface area (Å²) in [4.78, 5) is 28.8. The predicted octanol–water partition coefficient (Wildman–Crippen LogP) is 4.81. The molecule has 1 saturated heterocycles. The number of carbonyl (C=O) groups is 2. The van der Waals surface area contributed by atoms with E-state index in [9.17, 15) is 18.4 Å². The number of nitrogens with zero attached hydrogens (tertiary/aromatic N) is 2. The third-order valence-electron chi connectivity index (χ3n) is 5.25. The van der Waals surface area contributed by atoms with Crippen molar-refractivity contribution in [1.82, 2.24) is 4.90 Å². The number of hydrogen-bond acceptors (Lipinski definition) is 3. The molecule has 8 heteroatoms. The Hall–Kier alpha value is -3.94. The van der Waals surface area contributed by atoms with Gasteiger partial charge in [0, 0.05) is 19.6 Å². The van der Waals surface area contributed by atoms with E-state index in [4.69, 9.17) is 4.74 Å². The lowest BCUT2D eigenvalue weighted by Crippen LogP contribution is -2.49. The molecule has 0 aromatic heterocycles. The van der Waals surface area contributed by atoms with Gasteiger partial charge in [-0.25, -0.2) is 13.6 Å². The molecule has 0 spiro atoms. The zero-order chi connectivity index (χ0) is 23.2. The summed E-state index contributed by atoms with van der Waals surface area (Å²) in [5.74, 6) is -1.64. The van der Waals surface area contributed by atoms with Gasteiger partial charge in [-0.3, -0.25) is 9.69 Å². The van der Waals surface area contributed by atoms with Gasteiger partial charge >= 0.3 is 6.03 Å². The molecule has 1 fully saturated rings. The molecule has 0 bridgehead atoms. The largest absolute Gasteiger partial charge is 0.484 e. The van der Waals surface area contributed by atoms with Crippen LogP contribution in [0.1, 0.15) is 12.0 Å². The van der Waals surface area contributed by atoms with Gasteiger partial charge in [-0.1, -0.05) is 36.4 Å². The SMILES string of the molecule is O=C(COc1ccccc1)Nc1ccccc1N1CCCN(Cc2ccc(F)c(F)c2)C1=O. The van der Waals surface area contributed by atoms with Crippen molar-refractivity contribution < 1.29 is 23.1 Å². The van der Waals surface area contributed by atoms with Crippen LogP contribution in [0.5, 0.6) is 5.75 Å². The van der Waals surface area contributed by atoms with Crippen LogP contribution in [0.2, 0.25) is 0 Å². The summed E-state index contributed by atoms with van der Waals surface area (Å²) in [6.07, 6.45) is 0.689. The standard InChI is InChI=1S/C25H23F2N3O3/c26-20-12-11-18(15-21(20)27)16-29-13-6-14-30(25(29)32)23-10-5-4-9-22(23)28-24(31)17-33-19-7-2-1-3-8-19/h1-5,7-12,15H,6,13-14,16-17H2,(H,28,31).